The molecular weight excluding hydrogens is 304 g/mol. The Hall–Kier alpha value is -2.75. The number of hydrogen-bond acceptors (Lipinski definition) is 4. The van der Waals surface area contributed by atoms with E-state index < -0.39 is 0 Å². The lowest BCUT2D eigenvalue weighted by Gasteiger charge is -2.18. The molecule has 0 saturated carbocycles. The van der Waals surface area contributed by atoms with Crippen LogP contribution in [0.1, 0.15) is 23.1 Å². The van der Waals surface area contributed by atoms with Crippen LogP contribution < -0.4 is 14.2 Å². The Kier molecular flexibility index (Phi) is 4.56. The number of ketones is 1. The first kappa shape index (κ1) is 16.1. The van der Waals surface area contributed by atoms with Crippen molar-refractivity contribution < 1.29 is 19.0 Å². The van der Waals surface area contributed by atoms with Gasteiger partial charge in [-0.2, -0.15) is 0 Å². The zero-order valence-electron chi connectivity index (χ0n) is 14.1. The minimum atomic E-state index is 0.155. The number of methoxy groups -OCH3 is 3. The Morgan fingerprint density at radius 1 is 0.917 bits per heavy atom. The summed E-state index contributed by atoms with van der Waals surface area (Å²) in [5.41, 5.74) is 3.77. The van der Waals surface area contributed by atoms with Crippen molar-refractivity contribution in [2.24, 2.45) is 0 Å². The molecule has 2 aromatic carbocycles. The first-order valence-corrected chi connectivity index (χ1v) is 7.81. The molecule has 0 N–H and O–H groups in total. The lowest BCUT2D eigenvalue weighted by atomic mass is 9.85. The molecule has 0 aromatic heterocycles. The van der Waals surface area contributed by atoms with Crippen molar-refractivity contribution in [3.63, 3.8) is 0 Å². The van der Waals surface area contributed by atoms with E-state index in [2.05, 4.69) is 6.07 Å². The number of aryl methyl sites for hydroxylation is 1. The molecule has 1 aliphatic rings. The average molecular weight is 324 g/mol. The van der Waals surface area contributed by atoms with Crippen LogP contribution in [0.3, 0.4) is 0 Å². The second-order valence-corrected chi connectivity index (χ2v) is 5.60. The van der Waals surface area contributed by atoms with E-state index in [1.807, 2.05) is 36.4 Å². The van der Waals surface area contributed by atoms with Crippen molar-refractivity contribution in [1.29, 1.82) is 0 Å². The quantitative estimate of drug-likeness (QED) is 0.803. The Morgan fingerprint density at radius 2 is 1.58 bits per heavy atom. The van der Waals surface area contributed by atoms with Gasteiger partial charge in [-0.05, 0) is 41.3 Å². The topological polar surface area (TPSA) is 44.8 Å². The summed E-state index contributed by atoms with van der Waals surface area (Å²) in [5.74, 6) is 1.83. The van der Waals surface area contributed by atoms with Gasteiger partial charge in [-0.15, -0.1) is 0 Å². The van der Waals surface area contributed by atoms with E-state index >= 15 is 0 Å². The molecule has 2 aromatic rings. The van der Waals surface area contributed by atoms with Crippen LogP contribution in [0.25, 0.3) is 11.6 Å². The molecule has 3 rings (SSSR count). The highest BCUT2D eigenvalue weighted by atomic mass is 16.5. The Balaban J connectivity index is 2.13. The van der Waals surface area contributed by atoms with Crippen molar-refractivity contribution >= 4 is 17.4 Å². The molecule has 0 fully saturated rings. The van der Waals surface area contributed by atoms with E-state index in [9.17, 15) is 4.79 Å². The van der Waals surface area contributed by atoms with Gasteiger partial charge in [-0.1, -0.05) is 24.3 Å². The third kappa shape index (κ3) is 2.87. The van der Waals surface area contributed by atoms with Gasteiger partial charge in [0.1, 0.15) is 0 Å². The minimum absolute atomic E-state index is 0.155. The van der Waals surface area contributed by atoms with Gasteiger partial charge in [0.2, 0.25) is 5.75 Å². The van der Waals surface area contributed by atoms with Crippen molar-refractivity contribution in [2.75, 3.05) is 21.3 Å². The van der Waals surface area contributed by atoms with Crippen LogP contribution >= 0.6 is 0 Å². The summed E-state index contributed by atoms with van der Waals surface area (Å²) in [6.07, 6.45) is 3.22. The average Bonchev–Trinajstić information content (AvgIpc) is 2.63. The van der Waals surface area contributed by atoms with E-state index in [1.165, 1.54) is 5.56 Å². The molecular formula is C20H20O4. The number of allylic oxidation sites excluding steroid dienone is 1. The Labute approximate surface area is 141 Å². The number of rotatable bonds is 4. The lowest BCUT2D eigenvalue weighted by Crippen LogP contribution is -2.12. The molecule has 0 radical (unpaired) electrons. The van der Waals surface area contributed by atoms with Gasteiger partial charge in [-0.25, -0.2) is 0 Å². The molecule has 0 heterocycles. The predicted octanol–water partition coefficient (Wildman–Crippen LogP) is 3.77. The smallest absolute Gasteiger partial charge is 0.203 e. The molecule has 0 bridgehead atoms. The SMILES string of the molecule is COc1cc(/C=C2/C(=O)CCc3ccccc32)cc(OC)c1OC. The summed E-state index contributed by atoms with van der Waals surface area (Å²) in [5, 5.41) is 0. The highest BCUT2D eigenvalue weighted by Gasteiger charge is 2.21. The number of benzene rings is 2. The monoisotopic (exact) mass is 324 g/mol. The minimum Gasteiger partial charge on any atom is -0.493 e. The maximum Gasteiger partial charge on any atom is 0.203 e. The number of fused-ring (bicyclic) bond motifs is 1. The molecule has 124 valence electrons. The van der Waals surface area contributed by atoms with Crippen LogP contribution in [0.4, 0.5) is 0 Å². The molecule has 0 aliphatic heterocycles. The van der Waals surface area contributed by atoms with Gasteiger partial charge < -0.3 is 14.2 Å². The van der Waals surface area contributed by atoms with Crippen LogP contribution in [0.5, 0.6) is 17.2 Å². The van der Waals surface area contributed by atoms with Crippen molar-refractivity contribution in [3.05, 3.63) is 53.1 Å². The van der Waals surface area contributed by atoms with Crippen molar-refractivity contribution in [3.8, 4) is 17.2 Å². The van der Waals surface area contributed by atoms with E-state index in [1.54, 1.807) is 21.3 Å². The maximum absolute atomic E-state index is 12.4. The van der Waals surface area contributed by atoms with Crippen LogP contribution in [0, 0.1) is 0 Å². The zero-order chi connectivity index (χ0) is 17.1. The lowest BCUT2D eigenvalue weighted by molar-refractivity contribution is -0.113. The Bertz CT molecular complexity index is 780. The fourth-order valence-electron chi connectivity index (χ4n) is 3.04. The second kappa shape index (κ2) is 6.79. The van der Waals surface area contributed by atoms with E-state index in [0.717, 1.165) is 23.1 Å². The van der Waals surface area contributed by atoms with Crippen molar-refractivity contribution in [2.45, 2.75) is 12.8 Å². The van der Waals surface area contributed by atoms with E-state index in [0.29, 0.717) is 23.7 Å². The van der Waals surface area contributed by atoms with Gasteiger partial charge in [-0.3, -0.25) is 4.79 Å². The third-order valence-electron chi connectivity index (χ3n) is 4.23. The normalized spacial score (nSPS) is 15.1. The second-order valence-electron chi connectivity index (χ2n) is 5.60. The fraction of sp³-hybridized carbons (Fsp3) is 0.250. The van der Waals surface area contributed by atoms with Gasteiger partial charge >= 0.3 is 0 Å². The number of ether oxygens (including phenoxy) is 3. The number of hydrogen-bond donors (Lipinski definition) is 0. The van der Waals surface area contributed by atoms with Gasteiger partial charge in [0, 0.05) is 12.0 Å². The molecule has 4 nitrogen and oxygen atoms in total. The van der Waals surface area contributed by atoms with E-state index in [-0.39, 0.29) is 5.78 Å². The van der Waals surface area contributed by atoms with E-state index in [4.69, 9.17) is 14.2 Å². The molecule has 0 unspecified atom stereocenters. The first-order valence-electron chi connectivity index (χ1n) is 7.81. The highest BCUT2D eigenvalue weighted by molar-refractivity contribution is 6.26. The molecule has 24 heavy (non-hydrogen) atoms. The first-order chi connectivity index (χ1) is 11.7. The van der Waals surface area contributed by atoms with Gasteiger partial charge in [0.05, 0.1) is 21.3 Å². The zero-order valence-corrected chi connectivity index (χ0v) is 14.1. The predicted molar refractivity (Wildman–Crippen MR) is 93.7 cm³/mol. The summed E-state index contributed by atoms with van der Waals surface area (Å²) < 4.78 is 16.1. The number of carbonyl (C=O) groups is 1. The van der Waals surface area contributed by atoms with Crippen LogP contribution in [0.15, 0.2) is 36.4 Å². The van der Waals surface area contributed by atoms with Crippen LogP contribution in [-0.2, 0) is 11.2 Å². The summed E-state index contributed by atoms with van der Waals surface area (Å²) in [7, 11) is 4.73. The molecule has 1 aliphatic carbocycles. The fourth-order valence-corrected chi connectivity index (χ4v) is 3.04. The maximum atomic E-state index is 12.4. The summed E-state index contributed by atoms with van der Waals surface area (Å²) in [6.45, 7) is 0. The van der Waals surface area contributed by atoms with Crippen molar-refractivity contribution in [1.82, 2.24) is 0 Å². The number of carbonyl (C=O) groups excluding carboxylic acids is 1. The summed E-state index contributed by atoms with van der Waals surface area (Å²) in [4.78, 5) is 12.4. The molecule has 0 saturated heterocycles. The third-order valence-corrected chi connectivity index (χ3v) is 4.23. The molecule has 0 amide bonds. The molecule has 4 heteroatoms. The molecule has 0 spiro atoms. The van der Waals surface area contributed by atoms with Crippen LogP contribution in [0.2, 0.25) is 0 Å². The van der Waals surface area contributed by atoms with Crippen LogP contribution in [-0.4, -0.2) is 27.1 Å². The molecule has 0 atom stereocenters. The number of Topliss-reactive ketones (excluding diaryl/α,β-unsaturated/α-hetero) is 1. The van der Waals surface area contributed by atoms with Gasteiger partial charge in [0.25, 0.3) is 0 Å². The summed E-state index contributed by atoms with van der Waals surface area (Å²) in [6, 6.07) is 11.7. The summed E-state index contributed by atoms with van der Waals surface area (Å²) >= 11 is 0. The standard InChI is InChI=1S/C20H20O4/c1-22-18-11-13(12-19(23-2)20(18)24-3)10-16-15-7-5-4-6-14(15)8-9-17(16)21/h4-7,10-12H,8-9H2,1-3H3/b16-10+. The highest BCUT2D eigenvalue weighted by Crippen LogP contribution is 2.39. The largest absolute Gasteiger partial charge is 0.493 e. The Morgan fingerprint density at radius 3 is 2.21 bits per heavy atom. The van der Waals surface area contributed by atoms with Gasteiger partial charge in [0.15, 0.2) is 17.3 Å².